The van der Waals surface area contributed by atoms with Crippen LogP contribution in [-0.2, 0) is 20.9 Å². The summed E-state index contributed by atoms with van der Waals surface area (Å²) in [6.07, 6.45) is -4.42. The summed E-state index contributed by atoms with van der Waals surface area (Å²) in [6.45, 7) is 5.93. The lowest BCUT2D eigenvalue weighted by atomic mass is 9.80. The fourth-order valence-corrected chi connectivity index (χ4v) is 3.33. The van der Waals surface area contributed by atoms with Gasteiger partial charge in [0.15, 0.2) is 0 Å². The van der Waals surface area contributed by atoms with Crippen LogP contribution < -0.4 is 5.32 Å². The first kappa shape index (κ1) is 24.0. The van der Waals surface area contributed by atoms with Gasteiger partial charge in [0.2, 0.25) is 0 Å². The Hall–Kier alpha value is -2.29. The van der Waals surface area contributed by atoms with Gasteiger partial charge in [-0.05, 0) is 39.2 Å². The predicted octanol–water partition coefficient (Wildman–Crippen LogP) is 3.90. The van der Waals surface area contributed by atoms with E-state index in [1.165, 1.54) is 4.90 Å². The highest BCUT2D eigenvalue weighted by molar-refractivity contribution is 5.81. The summed E-state index contributed by atoms with van der Waals surface area (Å²) in [5.74, 6) is -2.00. The van der Waals surface area contributed by atoms with E-state index in [1.807, 2.05) is 35.6 Å². The minimum absolute atomic E-state index is 0.0966. The van der Waals surface area contributed by atoms with Crippen molar-refractivity contribution in [2.45, 2.75) is 52.0 Å². The van der Waals surface area contributed by atoms with Crippen molar-refractivity contribution >= 4 is 12.0 Å². The Morgan fingerprint density at radius 1 is 1.17 bits per heavy atom. The van der Waals surface area contributed by atoms with Crippen molar-refractivity contribution in [3.05, 3.63) is 35.9 Å². The normalized spacial score (nSPS) is 20.0. The SMILES string of the molecule is CC(C)(C)OC(=O)N1CCCC(CNC(=O)C(F)(F)F)(COCc2ccccc2)C1. The number of ether oxygens (including phenoxy) is 2. The van der Waals surface area contributed by atoms with Crippen molar-refractivity contribution in [1.29, 1.82) is 0 Å². The molecule has 1 unspecified atom stereocenters. The van der Waals surface area contributed by atoms with Crippen LogP contribution in [0.4, 0.5) is 18.0 Å². The molecule has 1 aromatic rings. The molecule has 1 atom stereocenters. The molecule has 6 nitrogen and oxygen atoms in total. The van der Waals surface area contributed by atoms with Gasteiger partial charge in [0, 0.05) is 25.0 Å². The van der Waals surface area contributed by atoms with Gasteiger partial charge < -0.3 is 19.7 Å². The molecule has 1 N–H and O–H groups in total. The van der Waals surface area contributed by atoms with E-state index in [0.717, 1.165) is 5.56 Å². The van der Waals surface area contributed by atoms with Crippen LogP contribution in [0, 0.1) is 5.41 Å². The highest BCUT2D eigenvalue weighted by Gasteiger charge is 2.43. The van der Waals surface area contributed by atoms with Crippen LogP contribution in [0.1, 0.15) is 39.2 Å². The monoisotopic (exact) mass is 430 g/mol. The molecule has 1 heterocycles. The van der Waals surface area contributed by atoms with Crippen molar-refractivity contribution in [2.24, 2.45) is 5.41 Å². The number of alkyl halides is 3. The molecule has 1 aromatic carbocycles. The summed E-state index contributed by atoms with van der Waals surface area (Å²) >= 11 is 0. The van der Waals surface area contributed by atoms with E-state index in [9.17, 15) is 22.8 Å². The Bertz CT molecular complexity index is 719. The molecule has 2 amide bonds. The molecule has 30 heavy (non-hydrogen) atoms. The molecule has 0 aromatic heterocycles. The van der Waals surface area contributed by atoms with E-state index < -0.39 is 29.2 Å². The van der Waals surface area contributed by atoms with Gasteiger partial charge in [0.05, 0.1) is 13.2 Å². The molecule has 0 spiro atoms. The number of nitrogens with zero attached hydrogens (tertiary/aromatic N) is 1. The molecule has 9 heteroatoms. The highest BCUT2D eigenvalue weighted by Crippen LogP contribution is 2.32. The average molecular weight is 430 g/mol. The first-order chi connectivity index (χ1) is 13.9. The Labute approximate surface area is 174 Å². The van der Waals surface area contributed by atoms with E-state index in [2.05, 4.69) is 0 Å². The third-order valence-electron chi connectivity index (χ3n) is 4.71. The summed E-state index contributed by atoms with van der Waals surface area (Å²) in [5, 5.41) is 1.97. The zero-order valence-electron chi connectivity index (χ0n) is 17.6. The van der Waals surface area contributed by atoms with Crippen LogP contribution >= 0.6 is 0 Å². The summed E-state index contributed by atoms with van der Waals surface area (Å²) in [5.41, 5.74) is -0.608. The Morgan fingerprint density at radius 3 is 2.43 bits per heavy atom. The van der Waals surface area contributed by atoms with Crippen LogP contribution in [0.5, 0.6) is 0 Å². The second-order valence-electron chi connectivity index (χ2n) is 8.66. The van der Waals surface area contributed by atoms with Crippen molar-refractivity contribution in [2.75, 3.05) is 26.2 Å². The van der Waals surface area contributed by atoms with E-state index in [4.69, 9.17) is 9.47 Å². The lowest BCUT2D eigenvalue weighted by Crippen LogP contribution is -2.55. The molecule has 0 bridgehead atoms. The molecule has 0 aliphatic carbocycles. The van der Waals surface area contributed by atoms with Gasteiger partial charge in [-0.1, -0.05) is 30.3 Å². The van der Waals surface area contributed by atoms with Gasteiger partial charge in [-0.15, -0.1) is 0 Å². The molecule has 1 aliphatic heterocycles. The zero-order valence-corrected chi connectivity index (χ0v) is 17.6. The lowest BCUT2D eigenvalue weighted by Gasteiger charge is -2.43. The molecule has 2 rings (SSSR count). The number of likely N-dealkylation sites (tertiary alicyclic amines) is 1. The number of amides is 2. The quantitative estimate of drug-likeness (QED) is 0.743. The first-order valence-corrected chi connectivity index (χ1v) is 9.85. The lowest BCUT2D eigenvalue weighted by molar-refractivity contribution is -0.174. The number of carbonyl (C=O) groups excluding carboxylic acids is 2. The fourth-order valence-electron chi connectivity index (χ4n) is 3.33. The first-order valence-electron chi connectivity index (χ1n) is 9.85. The molecule has 0 radical (unpaired) electrons. The highest BCUT2D eigenvalue weighted by atomic mass is 19.4. The van der Waals surface area contributed by atoms with Gasteiger partial charge in [-0.2, -0.15) is 13.2 Å². The van der Waals surface area contributed by atoms with Gasteiger partial charge in [0.1, 0.15) is 5.60 Å². The number of piperidine rings is 1. The number of hydrogen-bond acceptors (Lipinski definition) is 4. The van der Waals surface area contributed by atoms with Crippen molar-refractivity contribution < 1.29 is 32.2 Å². The molecule has 1 saturated heterocycles. The van der Waals surface area contributed by atoms with E-state index >= 15 is 0 Å². The van der Waals surface area contributed by atoms with Crippen LogP contribution in [0.3, 0.4) is 0 Å². The fraction of sp³-hybridized carbons (Fsp3) is 0.619. The average Bonchev–Trinajstić information content (AvgIpc) is 2.65. The third kappa shape index (κ3) is 7.51. The minimum atomic E-state index is -4.97. The van der Waals surface area contributed by atoms with Crippen LogP contribution in [0.15, 0.2) is 30.3 Å². The van der Waals surface area contributed by atoms with Crippen LogP contribution in [0.2, 0.25) is 0 Å². The number of nitrogens with one attached hydrogen (secondary N) is 1. The van der Waals surface area contributed by atoms with Crippen LogP contribution in [0.25, 0.3) is 0 Å². The molecule has 1 fully saturated rings. The Kier molecular flexibility index (Phi) is 7.74. The smallest absolute Gasteiger partial charge is 0.444 e. The molecule has 168 valence electrons. The van der Waals surface area contributed by atoms with E-state index in [1.54, 1.807) is 20.8 Å². The van der Waals surface area contributed by atoms with Crippen molar-refractivity contribution in [3.63, 3.8) is 0 Å². The second-order valence-corrected chi connectivity index (χ2v) is 8.66. The summed E-state index contributed by atoms with van der Waals surface area (Å²) in [4.78, 5) is 25.3. The maximum Gasteiger partial charge on any atom is 0.471 e. The molecular formula is C21H29F3N2O4. The number of benzene rings is 1. The van der Waals surface area contributed by atoms with Gasteiger partial charge in [-0.25, -0.2) is 4.79 Å². The maximum atomic E-state index is 12.7. The summed E-state index contributed by atoms with van der Waals surface area (Å²) < 4.78 is 49.2. The standard InChI is InChI=1S/C21H29F3N2O4/c1-19(2,3)30-18(28)26-11-7-10-20(14-26,13-25-17(27)21(22,23)24)15-29-12-16-8-5-4-6-9-16/h4-6,8-9H,7,10-15H2,1-3H3,(H,25,27). The zero-order chi connectivity index (χ0) is 22.4. The topological polar surface area (TPSA) is 67.9 Å². The number of hydrogen-bond donors (Lipinski definition) is 1. The van der Waals surface area contributed by atoms with E-state index in [-0.39, 0.29) is 26.3 Å². The largest absolute Gasteiger partial charge is 0.471 e. The number of rotatable bonds is 6. The van der Waals surface area contributed by atoms with Gasteiger partial charge in [0.25, 0.3) is 0 Å². The van der Waals surface area contributed by atoms with Gasteiger partial charge in [-0.3, -0.25) is 4.79 Å². The summed E-state index contributed by atoms with van der Waals surface area (Å²) in [6, 6.07) is 9.36. The second kappa shape index (κ2) is 9.68. The van der Waals surface area contributed by atoms with Crippen molar-refractivity contribution in [3.8, 4) is 0 Å². The summed E-state index contributed by atoms with van der Waals surface area (Å²) in [7, 11) is 0. The van der Waals surface area contributed by atoms with E-state index in [0.29, 0.717) is 19.4 Å². The Balaban J connectivity index is 2.08. The van der Waals surface area contributed by atoms with Gasteiger partial charge >= 0.3 is 18.2 Å². The number of halogens is 3. The van der Waals surface area contributed by atoms with Crippen LogP contribution in [-0.4, -0.2) is 54.9 Å². The van der Waals surface area contributed by atoms with Crippen molar-refractivity contribution in [1.82, 2.24) is 10.2 Å². The third-order valence-corrected chi connectivity index (χ3v) is 4.71. The maximum absolute atomic E-state index is 12.7. The number of carbonyl (C=O) groups is 2. The molecular weight excluding hydrogens is 401 g/mol. The predicted molar refractivity (Wildman–Crippen MR) is 105 cm³/mol. The Morgan fingerprint density at radius 2 is 1.83 bits per heavy atom. The molecule has 0 saturated carbocycles. The minimum Gasteiger partial charge on any atom is -0.444 e. The molecule has 1 aliphatic rings.